The first kappa shape index (κ1) is 34.7. The summed E-state index contributed by atoms with van der Waals surface area (Å²) < 4.78 is 5.73. The molecule has 1 unspecified atom stereocenters. The lowest BCUT2D eigenvalue weighted by molar-refractivity contribution is -0.115. The molecule has 5 rings (SSSR count). The highest BCUT2D eigenvalue weighted by atomic mass is 35.5. The second kappa shape index (κ2) is 16.5. The molecule has 0 saturated carbocycles. The van der Waals surface area contributed by atoms with Crippen LogP contribution in [0.25, 0.3) is 17.3 Å². The SMILES string of the molecule is CCOc1ccccc1/C=C(/NC(=O)c1ccccc1)C(=O)Nc1cccc(SC(C)C(=O)Nc2nc(-c3ccc(Cl)c(Cl)c3)cs2)c1. The Morgan fingerprint density at radius 1 is 0.917 bits per heavy atom. The average Bonchev–Trinajstić information content (AvgIpc) is 3.55. The van der Waals surface area contributed by atoms with Crippen LogP contribution in [0.3, 0.4) is 0 Å². The molecule has 0 radical (unpaired) electrons. The number of nitrogens with one attached hydrogen (secondary N) is 3. The standard InChI is InChI=1S/C36H30Cl2N4O4S2/c1-3-46-32-15-8-7-12-25(32)19-30(40-34(44)23-10-5-4-6-11-23)35(45)39-26-13-9-14-27(20-26)48-22(2)33(43)42-36-41-31(21-47-36)24-16-17-28(37)29(38)18-24/h4-22H,3H2,1-2H3,(H,39,45)(H,40,44)(H,41,42,43)/b30-19+. The molecule has 12 heteroatoms. The maximum Gasteiger partial charge on any atom is 0.272 e. The molecular weight excluding hydrogens is 687 g/mol. The van der Waals surface area contributed by atoms with Gasteiger partial charge in [-0.25, -0.2) is 4.98 Å². The average molecular weight is 718 g/mol. The number of aromatic nitrogens is 1. The molecule has 8 nitrogen and oxygen atoms in total. The molecule has 48 heavy (non-hydrogen) atoms. The molecule has 4 aromatic carbocycles. The number of carbonyl (C=O) groups excluding carboxylic acids is 3. The summed E-state index contributed by atoms with van der Waals surface area (Å²) in [5.41, 5.74) is 3.02. The molecular formula is C36H30Cl2N4O4S2. The van der Waals surface area contributed by atoms with Gasteiger partial charge >= 0.3 is 0 Å². The summed E-state index contributed by atoms with van der Waals surface area (Å²) in [5, 5.41) is 11.2. The van der Waals surface area contributed by atoms with E-state index in [4.69, 9.17) is 27.9 Å². The van der Waals surface area contributed by atoms with E-state index in [1.807, 2.05) is 42.6 Å². The first-order valence-electron chi connectivity index (χ1n) is 14.8. The maximum absolute atomic E-state index is 13.6. The van der Waals surface area contributed by atoms with Crippen molar-refractivity contribution in [3.05, 3.63) is 129 Å². The highest BCUT2D eigenvalue weighted by Gasteiger charge is 2.19. The van der Waals surface area contributed by atoms with Gasteiger partial charge in [0.15, 0.2) is 5.13 Å². The largest absolute Gasteiger partial charge is 0.493 e. The summed E-state index contributed by atoms with van der Waals surface area (Å²) in [6, 6.07) is 28.3. The van der Waals surface area contributed by atoms with Crippen molar-refractivity contribution in [3.8, 4) is 17.0 Å². The molecule has 1 heterocycles. The Bertz CT molecular complexity index is 1970. The molecule has 244 valence electrons. The minimum atomic E-state index is -0.528. The van der Waals surface area contributed by atoms with Gasteiger partial charge in [0, 0.05) is 32.7 Å². The van der Waals surface area contributed by atoms with Crippen LogP contribution in [0.4, 0.5) is 10.8 Å². The van der Waals surface area contributed by atoms with E-state index in [0.717, 1.165) is 10.5 Å². The number of thioether (sulfide) groups is 1. The van der Waals surface area contributed by atoms with E-state index in [-0.39, 0.29) is 11.6 Å². The van der Waals surface area contributed by atoms with Crippen LogP contribution in [0, 0.1) is 0 Å². The summed E-state index contributed by atoms with van der Waals surface area (Å²) in [6.45, 7) is 4.09. The van der Waals surface area contributed by atoms with Crippen LogP contribution in [-0.2, 0) is 9.59 Å². The number of rotatable bonds is 12. The van der Waals surface area contributed by atoms with Gasteiger partial charge < -0.3 is 20.7 Å². The zero-order valence-electron chi connectivity index (χ0n) is 25.8. The van der Waals surface area contributed by atoms with Crippen molar-refractivity contribution in [2.75, 3.05) is 17.2 Å². The van der Waals surface area contributed by atoms with Crippen molar-refractivity contribution in [2.24, 2.45) is 0 Å². The zero-order valence-corrected chi connectivity index (χ0v) is 29.0. The van der Waals surface area contributed by atoms with Crippen molar-refractivity contribution >= 4 is 80.9 Å². The molecule has 0 aliphatic heterocycles. The second-order valence-corrected chi connectivity index (χ2v) is 13.3. The smallest absolute Gasteiger partial charge is 0.272 e. The number of para-hydroxylation sites is 1. The van der Waals surface area contributed by atoms with Crippen LogP contribution in [0.15, 0.2) is 113 Å². The summed E-state index contributed by atoms with van der Waals surface area (Å²) in [4.78, 5) is 45.0. The van der Waals surface area contributed by atoms with Crippen LogP contribution in [0.1, 0.15) is 29.8 Å². The fourth-order valence-corrected chi connectivity index (χ4v) is 6.36. The lowest BCUT2D eigenvalue weighted by Gasteiger charge is -2.14. The van der Waals surface area contributed by atoms with E-state index in [1.165, 1.54) is 23.1 Å². The van der Waals surface area contributed by atoms with Crippen molar-refractivity contribution in [2.45, 2.75) is 24.0 Å². The fourth-order valence-electron chi connectivity index (χ4n) is 4.41. The monoisotopic (exact) mass is 716 g/mol. The van der Waals surface area contributed by atoms with Gasteiger partial charge in [0.1, 0.15) is 11.4 Å². The van der Waals surface area contributed by atoms with Crippen molar-refractivity contribution in [1.82, 2.24) is 10.3 Å². The Hall–Kier alpha value is -4.61. The Morgan fingerprint density at radius 2 is 1.69 bits per heavy atom. The zero-order chi connectivity index (χ0) is 34.0. The van der Waals surface area contributed by atoms with Crippen LogP contribution < -0.4 is 20.7 Å². The first-order chi connectivity index (χ1) is 23.2. The number of anilines is 2. The molecule has 0 saturated heterocycles. The molecule has 0 aliphatic rings. The third-order valence-electron chi connectivity index (χ3n) is 6.77. The third kappa shape index (κ3) is 9.26. The number of hydrogen-bond acceptors (Lipinski definition) is 7. The van der Waals surface area contributed by atoms with Crippen molar-refractivity contribution < 1.29 is 19.1 Å². The minimum absolute atomic E-state index is 0.0329. The van der Waals surface area contributed by atoms with Crippen LogP contribution in [0.2, 0.25) is 10.0 Å². The number of hydrogen-bond donors (Lipinski definition) is 3. The second-order valence-electron chi connectivity index (χ2n) is 10.2. The topological polar surface area (TPSA) is 109 Å². The molecule has 0 bridgehead atoms. The minimum Gasteiger partial charge on any atom is -0.493 e. The number of nitrogens with zero attached hydrogens (tertiary/aromatic N) is 1. The number of carbonyl (C=O) groups is 3. The van der Waals surface area contributed by atoms with E-state index in [9.17, 15) is 14.4 Å². The Kier molecular flexibility index (Phi) is 11.9. The summed E-state index contributed by atoms with van der Waals surface area (Å²) >= 11 is 14.8. The van der Waals surface area contributed by atoms with E-state index in [2.05, 4.69) is 20.9 Å². The summed E-state index contributed by atoms with van der Waals surface area (Å²) in [7, 11) is 0. The number of ether oxygens (including phenoxy) is 1. The predicted molar refractivity (Wildman–Crippen MR) is 196 cm³/mol. The van der Waals surface area contributed by atoms with Crippen LogP contribution in [-0.4, -0.2) is 34.6 Å². The Balaban J connectivity index is 1.27. The number of amides is 3. The van der Waals surface area contributed by atoms with E-state index >= 15 is 0 Å². The van der Waals surface area contributed by atoms with Gasteiger partial charge in [0.2, 0.25) is 5.91 Å². The molecule has 1 aromatic heterocycles. The van der Waals surface area contributed by atoms with Gasteiger partial charge in [-0.2, -0.15) is 0 Å². The van der Waals surface area contributed by atoms with E-state index < -0.39 is 17.1 Å². The van der Waals surface area contributed by atoms with Crippen molar-refractivity contribution in [1.29, 1.82) is 0 Å². The molecule has 5 aromatic rings. The maximum atomic E-state index is 13.6. The highest BCUT2D eigenvalue weighted by Crippen LogP contribution is 2.32. The fraction of sp³-hybridized carbons (Fsp3) is 0.111. The van der Waals surface area contributed by atoms with Gasteiger partial charge in [0.25, 0.3) is 11.8 Å². The molecule has 0 spiro atoms. The Morgan fingerprint density at radius 3 is 2.46 bits per heavy atom. The molecule has 0 aliphatic carbocycles. The summed E-state index contributed by atoms with van der Waals surface area (Å²) in [6.07, 6.45) is 1.58. The number of benzene rings is 4. The summed E-state index contributed by atoms with van der Waals surface area (Å²) in [5.74, 6) is -0.612. The Labute approximate surface area is 296 Å². The van der Waals surface area contributed by atoms with Crippen molar-refractivity contribution in [3.63, 3.8) is 0 Å². The molecule has 1 atom stereocenters. The molecule has 3 N–H and O–H groups in total. The van der Waals surface area contributed by atoms with Gasteiger partial charge in [-0.3, -0.25) is 14.4 Å². The lowest BCUT2D eigenvalue weighted by atomic mass is 10.1. The van der Waals surface area contributed by atoms with Gasteiger partial charge in [-0.15, -0.1) is 23.1 Å². The molecule has 3 amide bonds. The van der Waals surface area contributed by atoms with E-state index in [1.54, 1.807) is 79.7 Å². The van der Waals surface area contributed by atoms with Gasteiger partial charge in [0.05, 0.1) is 27.6 Å². The number of thiazole rings is 1. The lowest BCUT2D eigenvalue weighted by Crippen LogP contribution is -2.30. The van der Waals surface area contributed by atoms with Crippen LogP contribution >= 0.6 is 46.3 Å². The first-order valence-corrected chi connectivity index (χ1v) is 17.3. The number of halogens is 2. The third-order valence-corrected chi connectivity index (χ3v) is 9.36. The van der Waals surface area contributed by atoms with Gasteiger partial charge in [-0.1, -0.05) is 71.7 Å². The predicted octanol–water partition coefficient (Wildman–Crippen LogP) is 9.04. The van der Waals surface area contributed by atoms with Crippen LogP contribution in [0.5, 0.6) is 5.75 Å². The molecule has 0 fully saturated rings. The highest BCUT2D eigenvalue weighted by molar-refractivity contribution is 8.00. The van der Waals surface area contributed by atoms with E-state index in [0.29, 0.717) is 50.0 Å². The van der Waals surface area contributed by atoms with Gasteiger partial charge in [-0.05, 0) is 68.5 Å². The normalized spacial score (nSPS) is 11.8. The quantitative estimate of drug-likeness (QED) is 0.0878.